The number of hydrogen-bond donors (Lipinski definition) is 0. The lowest BCUT2D eigenvalue weighted by atomic mass is 9.99. The molecule has 0 fully saturated rings. The van der Waals surface area contributed by atoms with Gasteiger partial charge in [0.1, 0.15) is 5.52 Å². The second-order valence-corrected chi connectivity index (χ2v) is 12.9. The summed E-state index contributed by atoms with van der Waals surface area (Å²) in [5.41, 5.74) is 12.8. The lowest BCUT2D eigenvalue weighted by Gasteiger charge is -2.28. The Hall–Kier alpha value is -6.84. The van der Waals surface area contributed by atoms with Crippen LogP contribution in [-0.2, 0) is 0 Å². The Kier molecular flexibility index (Phi) is 6.81. The average Bonchev–Trinajstić information content (AvgIpc) is 3.74. The van der Waals surface area contributed by atoms with E-state index in [1.54, 1.807) is 0 Å². The first-order chi connectivity index (χ1) is 25.3. The van der Waals surface area contributed by atoms with E-state index in [1.165, 1.54) is 21.9 Å². The van der Waals surface area contributed by atoms with Crippen molar-refractivity contribution < 1.29 is 4.42 Å². The quantitative estimate of drug-likeness (QED) is 0.178. The number of fused-ring (bicyclic) bond motifs is 6. The lowest BCUT2D eigenvalue weighted by molar-refractivity contribution is 0.673. The minimum absolute atomic E-state index is 0.847. The molecule has 0 atom stereocenters. The third-order valence-corrected chi connectivity index (χ3v) is 9.98. The molecule has 0 radical (unpaired) electrons. The van der Waals surface area contributed by atoms with Crippen molar-refractivity contribution in [3.8, 4) is 27.9 Å². The molecule has 8 aromatic carbocycles. The first-order valence-corrected chi connectivity index (χ1v) is 17.4. The largest absolute Gasteiger partial charge is 0.451 e. The van der Waals surface area contributed by atoms with Crippen LogP contribution < -0.4 is 4.90 Å². The number of furan rings is 1. The predicted octanol–water partition coefficient (Wildman–Crippen LogP) is 13.5. The molecule has 0 N–H and O–H groups in total. The number of hydrogen-bond acceptors (Lipinski definition) is 2. The number of nitrogens with zero attached hydrogens (tertiary/aromatic N) is 2. The van der Waals surface area contributed by atoms with Crippen LogP contribution in [0.2, 0.25) is 0 Å². The topological polar surface area (TPSA) is 21.3 Å². The molecule has 10 rings (SSSR count). The molecule has 3 nitrogen and oxygen atoms in total. The number of rotatable bonds is 6. The van der Waals surface area contributed by atoms with Crippen LogP contribution >= 0.6 is 0 Å². The van der Waals surface area contributed by atoms with Gasteiger partial charge in [-0.2, -0.15) is 0 Å². The van der Waals surface area contributed by atoms with Crippen molar-refractivity contribution in [1.29, 1.82) is 0 Å². The van der Waals surface area contributed by atoms with E-state index in [1.807, 2.05) is 0 Å². The molecule has 0 unspecified atom stereocenters. The molecule has 2 heterocycles. The molecule has 10 aromatic rings. The van der Waals surface area contributed by atoms with Crippen LogP contribution in [0.3, 0.4) is 0 Å². The van der Waals surface area contributed by atoms with Gasteiger partial charge in [0.2, 0.25) is 0 Å². The van der Waals surface area contributed by atoms with E-state index in [0.717, 1.165) is 66.8 Å². The summed E-state index contributed by atoms with van der Waals surface area (Å²) < 4.78 is 9.37. The minimum Gasteiger partial charge on any atom is -0.451 e. The van der Waals surface area contributed by atoms with Gasteiger partial charge in [0, 0.05) is 27.7 Å². The molecule has 0 saturated heterocycles. The van der Waals surface area contributed by atoms with E-state index >= 15 is 0 Å². The van der Waals surface area contributed by atoms with Crippen LogP contribution in [-0.4, -0.2) is 4.57 Å². The second-order valence-electron chi connectivity index (χ2n) is 12.9. The Morgan fingerprint density at radius 3 is 1.90 bits per heavy atom. The van der Waals surface area contributed by atoms with E-state index in [4.69, 9.17) is 4.42 Å². The maximum atomic E-state index is 7.04. The fourth-order valence-corrected chi connectivity index (χ4v) is 7.61. The normalized spacial score (nSPS) is 11.5. The van der Waals surface area contributed by atoms with E-state index in [0.29, 0.717) is 0 Å². The zero-order chi connectivity index (χ0) is 33.7. The van der Waals surface area contributed by atoms with Gasteiger partial charge in [0.05, 0.1) is 16.9 Å². The van der Waals surface area contributed by atoms with Crippen LogP contribution in [0.1, 0.15) is 0 Å². The highest BCUT2D eigenvalue weighted by Gasteiger charge is 2.25. The Balaban J connectivity index is 1.21. The molecule has 0 aliphatic rings. The van der Waals surface area contributed by atoms with E-state index < -0.39 is 0 Å². The molecular formula is C48H32N2O. The first kappa shape index (κ1) is 29.1. The van der Waals surface area contributed by atoms with Crippen LogP contribution in [0.25, 0.3) is 71.7 Å². The van der Waals surface area contributed by atoms with Gasteiger partial charge in [-0.1, -0.05) is 133 Å². The van der Waals surface area contributed by atoms with Crippen molar-refractivity contribution in [1.82, 2.24) is 4.57 Å². The fourth-order valence-electron chi connectivity index (χ4n) is 7.61. The molecule has 0 aliphatic carbocycles. The summed E-state index contributed by atoms with van der Waals surface area (Å²) in [7, 11) is 0. The zero-order valence-corrected chi connectivity index (χ0v) is 27.8. The Morgan fingerprint density at radius 2 is 1.06 bits per heavy atom. The van der Waals surface area contributed by atoms with Gasteiger partial charge in [0.25, 0.3) is 0 Å². The molecule has 0 bridgehead atoms. The van der Waals surface area contributed by atoms with Crippen LogP contribution in [0.5, 0.6) is 0 Å². The third kappa shape index (κ3) is 4.82. The third-order valence-electron chi connectivity index (χ3n) is 9.98. The van der Waals surface area contributed by atoms with Crippen molar-refractivity contribution in [3.05, 3.63) is 194 Å². The van der Waals surface area contributed by atoms with Gasteiger partial charge in [-0.3, -0.25) is 0 Å². The Labute approximate surface area is 295 Å². The molecule has 3 heteroatoms. The highest BCUT2D eigenvalue weighted by Crippen LogP contribution is 2.47. The highest BCUT2D eigenvalue weighted by atomic mass is 16.3. The average molecular weight is 653 g/mol. The standard InChI is InChI=1S/C48H32N2O/c1-3-15-35(16-4-1)40-20-9-11-23-43(40)49(39-30-28-34(29-31-39)37-27-26-33-14-7-8-17-36(33)32-37)45-25-13-22-42-46-48(51-47(42)45)41-21-10-12-24-44(41)50(46)38-18-5-2-6-19-38/h1-32H. The molecule has 0 aliphatic heterocycles. The smallest absolute Gasteiger partial charge is 0.161 e. The molecule has 0 amide bonds. The van der Waals surface area contributed by atoms with Crippen molar-refractivity contribution in [2.75, 3.05) is 4.90 Å². The zero-order valence-electron chi connectivity index (χ0n) is 27.8. The summed E-state index contributed by atoms with van der Waals surface area (Å²) in [6, 6.07) is 69.0. The van der Waals surface area contributed by atoms with Crippen LogP contribution in [0.15, 0.2) is 199 Å². The van der Waals surface area contributed by atoms with E-state index in [-0.39, 0.29) is 0 Å². The fraction of sp³-hybridized carbons (Fsp3) is 0. The van der Waals surface area contributed by atoms with Crippen molar-refractivity contribution in [2.45, 2.75) is 0 Å². The first-order valence-electron chi connectivity index (χ1n) is 17.4. The summed E-state index contributed by atoms with van der Waals surface area (Å²) >= 11 is 0. The van der Waals surface area contributed by atoms with Gasteiger partial charge >= 0.3 is 0 Å². The highest BCUT2D eigenvalue weighted by molar-refractivity contribution is 6.19. The summed E-state index contributed by atoms with van der Waals surface area (Å²) in [5, 5.41) is 4.64. The number of para-hydroxylation sites is 4. The van der Waals surface area contributed by atoms with Gasteiger partial charge < -0.3 is 13.9 Å². The summed E-state index contributed by atoms with van der Waals surface area (Å²) in [5.74, 6) is 0. The SMILES string of the molecule is c1ccc(-c2ccccc2N(c2ccc(-c3ccc4ccccc4c3)cc2)c2cccc3c2oc2c4ccccc4n(-c4ccccc4)c32)cc1. The molecule has 0 spiro atoms. The number of anilines is 3. The van der Waals surface area contributed by atoms with Crippen molar-refractivity contribution in [3.63, 3.8) is 0 Å². The van der Waals surface area contributed by atoms with Crippen LogP contribution in [0.4, 0.5) is 17.1 Å². The van der Waals surface area contributed by atoms with Crippen molar-refractivity contribution in [2.24, 2.45) is 0 Å². The molecule has 2 aromatic heterocycles. The molecule has 240 valence electrons. The van der Waals surface area contributed by atoms with E-state index in [9.17, 15) is 0 Å². The van der Waals surface area contributed by atoms with Gasteiger partial charge in [-0.05, 0) is 88.1 Å². The maximum Gasteiger partial charge on any atom is 0.161 e. The van der Waals surface area contributed by atoms with Gasteiger partial charge in [-0.25, -0.2) is 0 Å². The number of aromatic nitrogens is 1. The Bertz CT molecular complexity index is 2850. The van der Waals surface area contributed by atoms with E-state index in [2.05, 4.69) is 204 Å². The lowest BCUT2D eigenvalue weighted by Crippen LogP contribution is -2.11. The summed E-state index contributed by atoms with van der Waals surface area (Å²) in [4.78, 5) is 2.35. The maximum absolute atomic E-state index is 7.04. The minimum atomic E-state index is 0.847. The predicted molar refractivity (Wildman–Crippen MR) is 214 cm³/mol. The molecular weight excluding hydrogens is 621 g/mol. The Morgan fingerprint density at radius 1 is 0.412 bits per heavy atom. The molecule has 0 saturated carbocycles. The summed E-state index contributed by atoms with van der Waals surface area (Å²) in [6.45, 7) is 0. The van der Waals surface area contributed by atoms with Gasteiger partial charge in [-0.15, -0.1) is 0 Å². The molecule has 51 heavy (non-hydrogen) atoms. The number of benzene rings is 8. The second kappa shape index (κ2) is 11.9. The summed E-state index contributed by atoms with van der Waals surface area (Å²) in [6.07, 6.45) is 0. The van der Waals surface area contributed by atoms with Crippen molar-refractivity contribution >= 4 is 60.8 Å². The monoisotopic (exact) mass is 652 g/mol. The van der Waals surface area contributed by atoms with Gasteiger partial charge in [0.15, 0.2) is 11.2 Å². The van der Waals surface area contributed by atoms with Crippen LogP contribution in [0, 0.1) is 0 Å².